The number of hydrogen-bond donors (Lipinski definition) is 1. The van der Waals surface area contributed by atoms with Gasteiger partial charge in [-0.15, -0.1) is 0 Å². The topological polar surface area (TPSA) is 88.0 Å². The maximum atomic E-state index is 12.3. The lowest BCUT2D eigenvalue weighted by Gasteiger charge is -2.63. The first-order valence-electron chi connectivity index (χ1n) is 8.34. The van der Waals surface area contributed by atoms with Crippen LogP contribution < -0.4 is 5.32 Å². The molecule has 0 aromatic carbocycles. The van der Waals surface area contributed by atoms with Crippen LogP contribution in [0.5, 0.6) is 0 Å². The van der Waals surface area contributed by atoms with Crippen LogP contribution in [0, 0.1) is 10.1 Å². The molecule has 0 aliphatic carbocycles. The lowest BCUT2D eigenvalue weighted by Crippen LogP contribution is -2.80. The third kappa shape index (κ3) is 3.14. The Balaban J connectivity index is 1.54. The number of nitro groups is 1. The number of nitrogens with one attached hydrogen (secondary N) is 1. The molecular formula is C15H26N4O4. The van der Waals surface area contributed by atoms with Crippen LogP contribution >= 0.6 is 0 Å². The molecule has 0 aromatic rings. The second-order valence-corrected chi connectivity index (χ2v) is 7.93. The summed E-state index contributed by atoms with van der Waals surface area (Å²) in [6.45, 7) is 7.89. The summed E-state index contributed by atoms with van der Waals surface area (Å²) in [4.78, 5) is 27.0. The Hall–Kier alpha value is -1.41. The Morgan fingerprint density at radius 2 is 2.04 bits per heavy atom. The summed E-state index contributed by atoms with van der Waals surface area (Å²) in [5.41, 5.74) is -0.604. The fourth-order valence-corrected chi connectivity index (χ4v) is 3.75. The quantitative estimate of drug-likeness (QED) is 0.609. The monoisotopic (exact) mass is 326 g/mol. The number of likely N-dealkylation sites (tertiary alicyclic amines) is 2. The van der Waals surface area contributed by atoms with E-state index >= 15 is 0 Å². The minimum absolute atomic E-state index is 0.0471. The highest BCUT2D eigenvalue weighted by atomic mass is 16.6. The molecule has 3 fully saturated rings. The summed E-state index contributed by atoms with van der Waals surface area (Å²) >= 11 is 0. The Labute approximate surface area is 136 Å². The van der Waals surface area contributed by atoms with Crippen LogP contribution in [0.15, 0.2) is 0 Å². The van der Waals surface area contributed by atoms with Crippen LogP contribution in [-0.2, 0) is 4.74 Å². The normalized spacial score (nSPS) is 30.5. The van der Waals surface area contributed by atoms with Crippen LogP contribution in [0.1, 0.15) is 46.5 Å². The van der Waals surface area contributed by atoms with E-state index in [2.05, 4.69) is 10.2 Å². The average Bonchev–Trinajstić information content (AvgIpc) is 2.34. The molecule has 3 saturated heterocycles. The van der Waals surface area contributed by atoms with Crippen LogP contribution in [0.3, 0.4) is 0 Å². The van der Waals surface area contributed by atoms with Gasteiger partial charge in [0.05, 0.1) is 11.7 Å². The fraction of sp³-hybridized carbons (Fsp3) is 0.933. The third-order valence-corrected chi connectivity index (χ3v) is 5.02. The zero-order chi connectivity index (χ0) is 16.8. The van der Waals surface area contributed by atoms with E-state index in [4.69, 9.17) is 4.74 Å². The number of amides is 1. The van der Waals surface area contributed by atoms with Crippen molar-refractivity contribution in [1.29, 1.82) is 0 Å². The van der Waals surface area contributed by atoms with Crippen molar-refractivity contribution in [2.24, 2.45) is 0 Å². The SMILES string of the molecule is CC(C)(C)OC(=O)N1CCC12CN(C1CCCC([N+](=O)[O-])N1)C2. The molecule has 1 N–H and O–H groups in total. The third-order valence-electron chi connectivity index (χ3n) is 5.02. The Morgan fingerprint density at radius 1 is 1.35 bits per heavy atom. The van der Waals surface area contributed by atoms with E-state index in [1.54, 1.807) is 0 Å². The lowest BCUT2D eigenvalue weighted by molar-refractivity contribution is -0.535. The molecule has 3 aliphatic heterocycles. The van der Waals surface area contributed by atoms with Crippen molar-refractivity contribution in [3.05, 3.63) is 10.1 Å². The van der Waals surface area contributed by atoms with Crippen LogP contribution in [0.2, 0.25) is 0 Å². The van der Waals surface area contributed by atoms with Crippen molar-refractivity contribution >= 4 is 6.09 Å². The van der Waals surface area contributed by atoms with E-state index in [1.807, 2.05) is 25.7 Å². The van der Waals surface area contributed by atoms with Gasteiger partial charge in [-0.05, 0) is 40.0 Å². The van der Waals surface area contributed by atoms with E-state index in [9.17, 15) is 14.9 Å². The molecule has 1 amide bonds. The fourth-order valence-electron chi connectivity index (χ4n) is 3.75. The van der Waals surface area contributed by atoms with Crippen molar-refractivity contribution in [1.82, 2.24) is 15.1 Å². The summed E-state index contributed by atoms with van der Waals surface area (Å²) in [6.07, 6.45) is 2.51. The van der Waals surface area contributed by atoms with Crippen molar-refractivity contribution in [2.75, 3.05) is 19.6 Å². The molecular weight excluding hydrogens is 300 g/mol. The highest BCUT2D eigenvalue weighted by Gasteiger charge is 2.58. The second-order valence-electron chi connectivity index (χ2n) is 7.93. The zero-order valence-electron chi connectivity index (χ0n) is 14.1. The molecule has 0 saturated carbocycles. The number of piperidine rings is 1. The van der Waals surface area contributed by atoms with Crippen molar-refractivity contribution in [2.45, 2.75) is 69.9 Å². The van der Waals surface area contributed by atoms with Gasteiger partial charge in [-0.3, -0.25) is 19.9 Å². The van der Waals surface area contributed by atoms with E-state index in [0.29, 0.717) is 6.42 Å². The van der Waals surface area contributed by atoms with Crippen LogP contribution in [-0.4, -0.2) is 63.9 Å². The summed E-state index contributed by atoms with van der Waals surface area (Å²) in [6, 6.07) is 0. The van der Waals surface area contributed by atoms with Gasteiger partial charge in [0.1, 0.15) is 5.60 Å². The van der Waals surface area contributed by atoms with Crippen molar-refractivity contribution in [3.63, 3.8) is 0 Å². The summed E-state index contributed by atoms with van der Waals surface area (Å²) in [5, 5.41) is 14.1. The second kappa shape index (κ2) is 5.59. The summed E-state index contributed by atoms with van der Waals surface area (Å²) in [5.74, 6) is 0. The Bertz CT molecular complexity index is 498. The molecule has 3 heterocycles. The number of ether oxygens (including phenoxy) is 1. The number of carbonyl (C=O) groups is 1. The van der Waals surface area contributed by atoms with Crippen molar-refractivity contribution in [3.8, 4) is 0 Å². The maximum absolute atomic E-state index is 12.3. The van der Waals surface area contributed by atoms with Gasteiger partial charge in [0, 0.05) is 31.0 Å². The molecule has 3 aliphatic rings. The highest BCUT2D eigenvalue weighted by Crippen LogP contribution is 2.41. The number of hydrogen-bond acceptors (Lipinski definition) is 6. The Kier molecular flexibility index (Phi) is 4.00. The molecule has 2 unspecified atom stereocenters. The number of carbonyl (C=O) groups excluding carboxylic acids is 1. The van der Waals surface area contributed by atoms with Gasteiger partial charge in [-0.1, -0.05) is 0 Å². The van der Waals surface area contributed by atoms with Crippen LogP contribution in [0.25, 0.3) is 0 Å². The van der Waals surface area contributed by atoms with Gasteiger partial charge in [0.25, 0.3) is 6.17 Å². The minimum Gasteiger partial charge on any atom is -0.444 e. The van der Waals surface area contributed by atoms with Gasteiger partial charge in [-0.25, -0.2) is 10.1 Å². The molecule has 1 spiro atoms. The predicted octanol–water partition coefficient (Wildman–Crippen LogP) is 1.38. The molecule has 0 bridgehead atoms. The molecule has 0 aromatic heterocycles. The minimum atomic E-state index is -0.645. The predicted molar refractivity (Wildman–Crippen MR) is 83.4 cm³/mol. The molecule has 2 atom stereocenters. The highest BCUT2D eigenvalue weighted by molar-refractivity contribution is 5.71. The molecule has 8 heteroatoms. The molecule has 0 radical (unpaired) electrons. The molecule has 8 nitrogen and oxygen atoms in total. The first-order valence-corrected chi connectivity index (χ1v) is 8.34. The summed E-state index contributed by atoms with van der Waals surface area (Å²) in [7, 11) is 0. The van der Waals surface area contributed by atoms with Gasteiger partial charge < -0.3 is 4.74 Å². The van der Waals surface area contributed by atoms with Crippen molar-refractivity contribution < 1.29 is 14.5 Å². The average molecular weight is 326 g/mol. The van der Waals surface area contributed by atoms with Gasteiger partial charge >= 0.3 is 6.09 Å². The first-order chi connectivity index (χ1) is 10.7. The van der Waals surface area contributed by atoms with Gasteiger partial charge in [-0.2, -0.15) is 0 Å². The zero-order valence-corrected chi connectivity index (χ0v) is 14.1. The van der Waals surface area contributed by atoms with Gasteiger partial charge in [0.15, 0.2) is 0 Å². The number of nitrogens with zero attached hydrogens (tertiary/aromatic N) is 3. The Morgan fingerprint density at radius 3 is 2.57 bits per heavy atom. The van der Waals surface area contributed by atoms with E-state index < -0.39 is 11.8 Å². The molecule has 3 rings (SSSR count). The smallest absolute Gasteiger partial charge is 0.410 e. The largest absolute Gasteiger partial charge is 0.444 e. The molecule has 23 heavy (non-hydrogen) atoms. The van der Waals surface area contributed by atoms with E-state index in [1.165, 1.54) is 0 Å². The van der Waals surface area contributed by atoms with E-state index in [-0.39, 0.29) is 22.7 Å². The maximum Gasteiger partial charge on any atom is 0.410 e. The standard InChI is InChI=1S/C15H26N4O4/c1-14(2,3)23-13(20)18-8-7-15(18)9-17(10-15)11-5-4-6-12(16-11)19(21)22/h11-12,16H,4-10H2,1-3H3. The van der Waals surface area contributed by atoms with Crippen LogP contribution in [0.4, 0.5) is 4.79 Å². The van der Waals surface area contributed by atoms with E-state index in [0.717, 1.165) is 38.9 Å². The molecule has 130 valence electrons. The first kappa shape index (κ1) is 16.4. The number of rotatable bonds is 2. The lowest BCUT2D eigenvalue weighted by atomic mass is 9.77. The van der Waals surface area contributed by atoms with Gasteiger partial charge in [0.2, 0.25) is 0 Å². The summed E-state index contributed by atoms with van der Waals surface area (Å²) < 4.78 is 5.47.